The van der Waals surface area contributed by atoms with E-state index in [-0.39, 0.29) is 34.3 Å². The fourth-order valence-corrected chi connectivity index (χ4v) is 5.35. The van der Waals surface area contributed by atoms with Crippen LogP contribution in [-0.2, 0) is 5.41 Å². The maximum Gasteiger partial charge on any atom is 0.292 e. The summed E-state index contributed by atoms with van der Waals surface area (Å²) >= 11 is 0. The van der Waals surface area contributed by atoms with E-state index in [2.05, 4.69) is 6.07 Å². The summed E-state index contributed by atoms with van der Waals surface area (Å²) in [6.45, 7) is 3.62. The summed E-state index contributed by atoms with van der Waals surface area (Å²) in [5.41, 5.74) is 7.99. The number of carbonyl (C=O) groups excluding carboxylic acids is 1. The van der Waals surface area contributed by atoms with E-state index in [4.69, 9.17) is 15.2 Å². The molecule has 2 heterocycles. The van der Waals surface area contributed by atoms with Crippen molar-refractivity contribution < 1.29 is 19.2 Å². The second kappa shape index (κ2) is 7.14. The molecule has 1 saturated carbocycles. The molecule has 1 spiro atoms. The Morgan fingerprint density at radius 2 is 1.84 bits per heavy atom. The quantitative estimate of drug-likeness (QED) is 0.445. The zero-order valence-electron chi connectivity index (χ0n) is 17.4. The number of amides is 1. The van der Waals surface area contributed by atoms with Crippen molar-refractivity contribution in [2.45, 2.75) is 44.1 Å². The molecule has 0 radical (unpaired) electrons. The monoisotopic (exact) mass is 423 g/mol. The Balaban J connectivity index is 1.58. The highest BCUT2D eigenvalue weighted by Gasteiger charge is 2.46. The van der Waals surface area contributed by atoms with Gasteiger partial charge in [0.05, 0.1) is 11.0 Å². The van der Waals surface area contributed by atoms with Crippen LogP contribution in [0.25, 0.3) is 0 Å². The minimum Gasteiger partial charge on any atom is -0.486 e. The van der Waals surface area contributed by atoms with E-state index in [0.717, 1.165) is 37.0 Å². The second-order valence-corrected chi connectivity index (χ2v) is 8.71. The molecule has 2 aromatic rings. The first-order valence-electron chi connectivity index (χ1n) is 10.7. The van der Waals surface area contributed by atoms with Crippen molar-refractivity contribution in [3.63, 3.8) is 0 Å². The number of fused-ring (bicyclic) bond motifs is 3. The summed E-state index contributed by atoms with van der Waals surface area (Å²) in [7, 11) is 0. The Kier molecular flexibility index (Phi) is 4.53. The number of anilines is 1. The molecule has 8 nitrogen and oxygen atoms in total. The molecule has 0 bridgehead atoms. The first kappa shape index (κ1) is 19.7. The van der Waals surface area contributed by atoms with Gasteiger partial charge in [-0.15, -0.1) is 0 Å². The number of hydrogen-bond donors (Lipinski definition) is 1. The lowest BCUT2D eigenvalue weighted by Crippen LogP contribution is -2.48. The van der Waals surface area contributed by atoms with Gasteiger partial charge in [0.2, 0.25) is 0 Å². The molecule has 0 saturated heterocycles. The molecule has 0 aromatic heterocycles. The van der Waals surface area contributed by atoms with Crippen molar-refractivity contribution in [1.29, 1.82) is 0 Å². The molecule has 2 N–H and O–H groups in total. The highest BCUT2D eigenvalue weighted by molar-refractivity contribution is 5.96. The lowest BCUT2D eigenvalue weighted by Gasteiger charge is -2.46. The average Bonchev–Trinajstić information content (AvgIpc) is 3.24. The van der Waals surface area contributed by atoms with Crippen LogP contribution in [0, 0.1) is 10.1 Å². The van der Waals surface area contributed by atoms with E-state index in [1.165, 1.54) is 17.7 Å². The molecule has 1 aliphatic carbocycles. The predicted molar refractivity (Wildman–Crippen MR) is 115 cm³/mol. The summed E-state index contributed by atoms with van der Waals surface area (Å²) in [6, 6.07) is 8.21. The third-order valence-corrected chi connectivity index (χ3v) is 6.97. The maximum absolute atomic E-state index is 13.5. The highest BCUT2D eigenvalue weighted by atomic mass is 16.6. The van der Waals surface area contributed by atoms with E-state index in [1.807, 2.05) is 17.9 Å². The molecule has 2 aromatic carbocycles. The van der Waals surface area contributed by atoms with Crippen LogP contribution in [0.2, 0.25) is 0 Å². The van der Waals surface area contributed by atoms with Gasteiger partial charge in [-0.1, -0.05) is 12.8 Å². The molecule has 5 rings (SSSR count). The van der Waals surface area contributed by atoms with Crippen LogP contribution in [-0.4, -0.2) is 35.5 Å². The molecule has 1 fully saturated rings. The summed E-state index contributed by atoms with van der Waals surface area (Å²) in [5, 5.41) is 11.3. The Labute approximate surface area is 180 Å². The normalized spacial score (nSPS) is 21.1. The molecule has 31 heavy (non-hydrogen) atoms. The van der Waals surface area contributed by atoms with Gasteiger partial charge in [0.15, 0.2) is 11.5 Å². The summed E-state index contributed by atoms with van der Waals surface area (Å²) in [5.74, 6) is 1.27. The van der Waals surface area contributed by atoms with Crippen LogP contribution >= 0.6 is 0 Å². The Morgan fingerprint density at radius 1 is 1.16 bits per heavy atom. The van der Waals surface area contributed by atoms with Gasteiger partial charge in [-0.25, -0.2) is 0 Å². The second-order valence-electron chi connectivity index (χ2n) is 8.71. The number of nitro benzene ring substituents is 1. The van der Waals surface area contributed by atoms with Crippen molar-refractivity contribution in [1.82, 2.24) is 4.90 Å². The fourth-order valence-electron chi connectivity index (χ4n) is 5.35. The number of nitrogens with zero attached hydrogens (tertiary/aromatic N) is 2. The molecule has 162 valence electrons. The molecule has 2 aliphatic heterocycles. The first-order chi connectivity index (χ1) is 14.9. The Morgan fingerprint density at radius 3 is 2.52 bits per heavy atom. The minimum absolute atomic E-state index is 0.0506. The van der Waals surface area contributed by atoms with Gasteiger partial charge in [0, 0.05) is 23.6 Å². The van der Waals surface area contributed by atoms with Gasteiger partial charge in [0.25, 0.3) is 11.6 Å². The fraction of sp³-hybridized carbons (Fsp3) is 0.435. The third-order valence-electron chi connectivity index (χ3n) is 6.97. The molecule has 1 atom stereocenters. The molecule has 0 unspecified atom stereocenters. The van der Waals surface area contributed by atoms with Crippen LogP contribution in [0.5, 0.6) is 11.5 Å². The van der Waals surface area contributed by atoms with Gasteiger partial charge in [0.1, 0.15) is 18.9 Å². The van der Waals surface area contributed by atoms with E-state index in [0.29, 0.717) is 25.5 Å². The lowest BCUT2D eigenvalue weighted by molar-refractivity contribution is -0.383. The number of nitrogens with two attached hydrogens (primary N) is 1. The molecule has 3 aliphatic rings. The minimum atomic E-state index is -0.552. The average molecular weight is 423 g/mol. The van der Waals surface area contributed by atoms with Gasteiger partial charge >= 0.3 is 0 Å². The van der Waals surface area contributed by atoms with E-state index in [9.17, 15) is 14.9 Å². The lowest BCUT2D eigenvalue weighted by atomic mass is 9.71. The number of nitrogen functional groups attached to an aromatic ring is 1. The summed E-state index contributed by atoms with van der Waals surface area (Å²) in [6.07, 6.45) is 4.21. The standard InChI is InChI=1S/C23H25N3O5/c1-14-16-11-20-21(31-9-8-30-20)12-17(16)23(6-2-3-7-23)13-25(14)22(27)15-4-5-18(24)19(10-15)26(28)29/h4-5,10-12,14H,2-3,6-9,13,24H2,1H3/t14-/m1/s1. The molecule has 1 amide bonds. The zero-order chi connectivity index (χ0) is 21.8. The smallest absolute Gasteiger partial charge is 0.292 e. The first-order valence-corrected chi connectivity index (χ1v) is 10.7. The SMILES string of the molecule is C[C@@H]1c2cc3c(cc2C2(CCCC2)CN1C(=O)c1ccc(N)c([N+](=O)[O-])c1)OCCO3. The van der Waals surface area contributed by atoms with Crippen molar-refractivity contribution in [2.75, 3.05) is 25.5 Å². The van der Waals surface area contributed by atoms with Gasteiger partial charge in [-0.05, 0) is 55.2 Å². The predicted octanol–water partition coefficient (Wildman–Crippen LogP) is 3.98. The Hall–Kier alpha value is -3.29. The number of hydrogen-bond acceptors (Lipinski definition) is 6. The van der Waals surface area contributed by atoms with Crippen molar-refractivity contribution in [2.24, 2.45) is 0 Å². The van der Waals surface area contributed by atoms with E-state index in [1.54, 1.807) is 6.07 Å². The molecular weight excluding hydrogens is 398 g/mol. The van der Waals surface area contributed by atoms with E-state index < -0.39 is 4.92 Å². The molecule has 8 heteroatoms. The topological polar surface area (TPSA) is 108 Å². The maximum atomic E-state index is 13.5. The highest BCUT2D eigenvalue weighted by Crippen LogP contribution is 2.52. The third kappa shape index (κ3) is 3.08. The number of ether oxygens (including phenoxy) is 2. The van der Waals surface area contributed by atoms with Crippen molar-refractivity contribution >= 4 is 17.3 Å². The largest absolute Gasteiger partial charge is 0.486 e. The molecular formula is C23H25N3O5. The zero-order valence-corrected chi connectivity index (χ0v) is 17.4. The van der Waals surface area contributed by atoms with Crippen molar-refractivity contribution in [3.8, 4) is 11.5 Å². The van der Waals surface area contributed by atoms with Gasteiger partial charge in [-0.3, -0.25) is 14.9 Å². The van der Waals surface area contributed by atoms with Crippen LogP contribution in [0.4, 0.5) is 11.4 Å². The summed E-state index contributed by atoms with van der Waals surface area (Å²) in [4.78, 5) is 26.2. The Bertz CT molecular complexity index is 1080. The number of benzene rings is 2. The number of rotatable bonds is 2. The van der Waals surface area contributed by atoms with Crippen molar-refractivity contribution in [3.05, 3.63) is 57.1 Å². The van der Waals surface area contributed by atoms with Gasteiger partial charge in [-0.2, -0.15) is 0 Å². The van der Waals surface area contributed by atoms with Crippen LogP contribution < -0.4 is 15.2 Å². The van der Waals surface area contributed by atoms with Crippen LogP contribution in [0.1, 0.15) is 60.1 Å². The van der Waals surface area contributed by atoms with Gasteiger partial charge < -0.3 is 20.1 Å². The van der Waals surface area contributed by atoms with Crippen LogP contribution in [0.15, 0.2) is 30.3 Å². The number of nitro groups is 1. The number of carbonyl (C=O) groups is 1. The van der Waals surface area contributed by atoms with E-state index >= 15 is 0 Å². The summed E-state index contributed by atoms with van der Waals surface area (Å²) < 4.78 is 11.6. The van der Waals surface area contributed by atoms with Crippen LogP contribution in [0.3, 0.4) is 0 Å².